The zero-order valence-corrected chi connectivity index (χ0v) is 11.7. The van der Waals surface area contributed by atoms with Gasteiger partial charge < -0.3 is 5.73 Å². The van der Waals surface area contributed by atoms with Crippen molar-refractivity contribution in [2.24, 2.45) is 11.7 Å². The number of nitrogens with two attached hydrogens (primary N) is 1. The van der Waals surface area contributed by atoms with Crippen LogP contribution in [0.1, 0.15) is 37.3 Å². The summed E-state index contributed by atoms with van der Waals surface area (Å²) in [6, 6.07) is 5.80. The fraction of sp³-hybridized carbons (Fsp3) is 0.600. The highest BCUT2D eigenvalue weighted by Gasteiger charge is 2.40. The Labute approximate surface area is 118 Å². The second kappa shape index (κ2) is 5.39. The van der Waals surface area contributed by atoms with Gasteiger partial charge in [0.2, 0.25) is 0 Å². The molecule has 2 N–H and O–H groups in total. The Kier molecular flexibility index (Phi) is 3.79. The highest BCUT2D eigenvalue weighted by molar-refractivity contribution is 6.30. The lowest BCUT2D eigenvalue weighted by atomic mass is 9.84. The van der Waals surface area contributed by atoms with Gasteiger partial charge in [0.05, 0.1) is 0 Å². The summed E-state index contributed by atoms with van der Waals surface area (Å²) in [5.74, 6) is 0.159. The minimum atomic E-state index is -0.250. The lowest BCUT2D eigenvalue weighted by Crippen LogP contribution is -2.42. The molecule has 1 aromatic rings. The fourth-order valence-electron chi connectivity index (χ4n) is 3.38. The standard InChI is InChI=1S/C15H20ClFN2/c16-12-6-11(7-13(17)8-12)15-10(9-18)2-1-5-19(15)14-3-4-14/h6-8,10,14-15H,1-5,9,18H2. The Hall–Kier alpha value is -0.640. The van der Waals surface area contributed by atoms with E-state index < -0.39 is 0 Å². The van der Waals surface area contributed by atoms with E-state index in [-0.39, 0.29) is 11.9 Å². The molecule has 1 aromatic carbocycles. The summed E-state index contributed by atoms with van der Waals surface area (Å²) in [7, 11) is 0. The van der Waals surface area contributed by atoms with E-state index in [9.17, 15) is 4.39 Å². The number of benzene rings is 1. The first-order valence-electron chi connectivity index (χ1n) is 7.11. The average molecular weight is 283 g/mol. The number of piperidine rings is 1. The van der Waals surface area contributed by atoms with Crippen LogP contribution in [0.4, 0.5) is 4.39 Å². The molecule has 2 unspecified atom stereocenters. The molecule has 2 fully saturated rings. The molecule has 2 atom stereocenters. The van der Waals surface area contributed by atoms with E-state index in [4.69, 9.17) is 17.3 Å². The van der Waals surface area contributed by atoms with E-state index >= 15 is 0 Å². The Balaban J connectivity index is 1.95. The van der Waals surface area contributed by atoms with Gasteiger partial charge in [0.1, 0.15) is 5.82 Å². The van der Waals surface area contributed by atoms with Crippen LogP contribution in [0.5, 0.6) is 0 Å². The van der Waals surface area contributed by atoms with Crippen molar-refractivity contribution in [1.29, 1.82) is 0 Å². The van der Waals surface area contributed by atoms with Crippen LogP contribution < -0.4 is 5.73 Å². The van der Waals surface area contributed by atoms with Crippen LogP contribution in [0.3, 0.4) is 0 Å². The molecule has 0 aromatic heterocycles. The molecule has 1 saturated carbocycles. The zero-order chi connectivity index (χ0) is 13.4. The van der Waals surface area contributed by atoms with Gasteiger partial charge in [0.25, 0.3) is 0 Å². The maximum atomic E-state index is 13.6. The van der Waals surface area contributed by atoms with E-state index in [0.717, 1.165) is 18.5 Å². The van der Waals surface area contributed by atoms with Gasteiger partial charge in [-0.15, -0.1) is 0 Å². The van der Waals surface area contributed by atoms with Crippen LogP contribution in [-0.2, 0) is 0 Å². The SMILES string of the molecule is NCC1CCCN(C2CC2)C1c1cc(F)cc(Cl)c1. The largest absolute Gasteiger partial charge is 0.330 e. The first-order valence-corrected chi connectivity index (χ1v) is 7.48. The van der Waals surface area contributed by atoms with Crippen LogP contribution in [-0.4, -0.2) is 24.0 Å². The molecule has 4 heteroatoms. The molecular weight excluding hydrogens is 263 g/mol. The molecular formula is C15H20ClFN2. The van der Waals surface area contributed by atoms with Crippen molar-refractivity contribution in [2.45, 2.75) is 37.8 Å². The van der Waals surface area contributed by atoms with Crippen molar-refractivity contribution < 1.29 is 4.39 Å². The maximum Gasteiger partial charge on any atom is 0.125 e. The van der Waals surface area contributed by atoms with Gasteiger partial charge in [-0.05, 0) is 68.5 Å². The first kappa shape index (κ1) is 13.3. The highest BCUT2D eigenvalue weighted by atomic mass is 35.5. The Morgan fingerprint density at radius 2 is 2.05 bits per heavy atom. The predicted molar refractivity (Wildman–Crippen MR) is 75.7 cm³/mol. The number of hydrogen-bond donors (Lipinski definition) is 1. The third kappa shape index (κ3) is 2.78. The minimum Gasteiger partial charge on any atom is -0.330 e. The van der Waals surface area contributed by atoms with Gasteiger partial charge >= 0.3 is 0 Å². The van der Waals surface area contributed by atoms with E-state index in [2.05, 4.69) is 4.90 Å². The van der Waals surface area contributed by atoms with Crippen LogP contribution in [0.2, 0.25) is 5.02 Å². The maximum absolute atomic E-state index is 13.6. The van der Waals surface area contributed by atoms with Gasteiger partial charge in [-0.3, -0.25) is 4.90 Å². The molecule has 2 nitrogen and oxygen atoms in total. The van der Waals surface area contributed by atoms with E-state index in [1.165, 1.54) is 25.3 Å². The summed E-state index contributed by atoms with van der Waals surface area (Å²) in [4.78, 5) is 2.52. The molecule has 1 heterocycles. The van der Waals surface area contributed by atoms with Crippen molar-refractivity contribution >= 4 is 11.6 Å². The van der Waals surface area contributed by atoms with E-state index in [1.54, 1.807) is 6.07 Å². The first-order chi connectivity index (χ1) is 9.19. The molecule has 19 heavy (non-hydrogen) atoms. The van der Waals surface area contributed by atoms with Crippen molar-refractivity contribution in [3.63, 3.8) is 0 Å². The van der Waals surface area contributed by atoms with Crippen molar-refractivity contribution in [1.82, 2.24) is 4.90 Å². The lowest BCUT2D eigenvalue weighted by Gasteiger charge is -2.41. The summed E-state index contributed by atoms with van der Waals surface area (Å²) < 4.78 is 13.6. The average Bonchev–Trinajstić information content (AvgIpc) is 3.20. The topological polar surface area (TPSA) is 29.3 Å². The summed E-state index contributed by atoms with van der Waals surface area (Å²) in [6.45, 7) is 1.75. The van der Waals surface area contributed by atoms with Gasteiger partial charge in [-0.25, -0.2) is 4.39 Å². The molecule has 3 rings (SSSR count). The van der Waals surface area contributed by atoms with Crippen molar-refractivity contribution in [3.05, 3.63) is 34.6 Å². The molecule has 104 valence electrons. The fourth-order valence-corrected chi connectivity index (χ4v) is 3.61. The third-order valence-corrected chi connectivity index (χ3v) is 4.56. The van der Waals surface area contributed by atoms with Crippen molar-refractivity contribution in [2.75, 3.05) is 13.1 Å². The van der Waals surface area contributed by atoms with Crippen LogP contribution >= 0.6 is 11.6 Å². The normalized spacial score (nSPS) is 28.6. The van der Waals surface area contributed by atoms with Crippen LogP contribution in [0.15, 0.2) is 18.2 Å². The molecule has 2 aliphatic rings. The zero-order valence-electron chi connectivity index (χ0n) is 11.0. The van der Waals surface area contributed by atoms with Gasteiger partial charge in [0.15, 0.2) is 0 Å². The van der Waals surface area contributed by atoms with E-state index in [0.29, 0.717) is 23.5 Å². The molecule has 1 aliphatic carbocycles. The summed E-state index contributed by atoms with van der Waals surface area (Å²) in [5.41, 5.74) is 6.93. The van der Waals surface area contributed by atoms with Crippen LogP contribution in [0, 0.1) is 11.7 Å². The van der Waals surface area contributed by atoms with Gasteiger partial charge in [-0.1, -0.05) is 11.6 Å². The number of nitrogens with zero attached hydrogens (tertiary/aromatic N) is 1. The third-order valence-electron chi connectivity index (χ3n) is 4.34. The molecule has 1 aliphatic heterocycles. The van der Waals surface area contributed by atoms with Crippen molar-refractivity contribution in [3.8, 4) is 0 Å². The monoisotopic (exact) mass is 282 g/mol. The molecule has 0 radical (unpaired) electrons. The smallest absolute Gasteiger partial charge is 0.125 e. The van der Waals surface area contributed by atoms with E-state index in [1.807, 2.05) is 6.07 Å². The molecule has 0 amide bonds. The number of halogens is 2. The number of likely N-dealkylation sites (tertiary alicyclic amines) is 1. The van der Waals surface area contributed by atoms with Gasteiger partial charge in [-0.2, -0.15) is 0 Å². The second-order valence-corrected chi connectivity index (χ2v) is 6.19. The minimum absolute atomic E-state index is 0.236. The predicted octanol–water partition coefficient (Wildman–Crippen LogP) is 3.35. The quantitative estimate of drug-likeness (QED) is 0.921. The Bertz CT molecular complexity index is 441. The molecule has 0 spiro atoms. The molecule has 1 saturated heterocycles. The number of rotatable bonds is 3. The number of hydrogen-bond acceptors (Lipinski definition) is 2. The summed E-state index contributed by atoms with van der Waals surface area (Å²) in [5, 5.41) is 0.479. The van der Waals surface area contributed by atoms with Crippen LogP contribution in [0.25, 0.3) is 0 Å². The summed E-state index contributed by atoms with van der Waals surface area (Å²) in [6.07, 6.45) is 4.84. The molecule has 0 bridgehead atoms. The Morgan fingerprint density at radius 3 is 2.68 bits per heavy atom. The highest BCUT2D eigenvalue weighted by Crippen LogP contribution is 2.43. The lowest BCUT2D eigenvalue weighted by molar-refractivity contribution is 0.0877. The van der Waals surface area contributed by atoms with Gasteiger partial charge in [0, 0.05) is 17.1 Å². The Morgan fingerprint density at radius 1 is 1.26 bits per heavy atom. The summed E-state index contributed by atoms with van der Waals surface area (Å²) >= 11 is 6.01. The second-order valence-electron chi connectivity index (χ2n) is 5.75.